The van der Waals surface area contributed by atoms with E-state index in [0.717, 1.165) is 38.8 Å². The van der Waals surface area contributed by atoms with Crippen LogP contribution < -0.4 is 10.9 Å². The van der Waals surface area contributed by atoms with Crippen molar-refractivity contribution in [2.24, 2.45) is 5.92 Å². The molecule has 1 saturated heterocycles. The number of hydrogen-bond donors (Lipinski definition) is 1. The Balaban J connectivity index is 1.59. The SMILES string of the molecule is CCN1CCCC1Cn1c(C)c(C(=O)N[C@H](c2cccc(F)c2)C2CC2)c2cccc(F)c2c1=O. The average Bonchev–Trinajstić information content (AvgIpc) is 3.57. The number of halogens is 2. The van der Waals surface area contributed by atoms with Gasteiger partial charge in [-0.1, -0.05) is 31.2 Å². The van der Waals surface area contributed by atoms with E-state index in [1.54, 1.807) is 23.6 Å². The molecule has 1 N–H and O–H groups in total. The second kappa shape index (κ2) is 9.53. The molecule has 1 aromatic heterocycles. The summed E-state index contributed by atoms with van der Waals surface area (Å²) >= 11 is 0. The quantitative estimate of drug-likeness (QED) is 0.522. The molecule has 0 radical (unpaired) electrons. The van der Waals surface area contributed by atoms with E-state index in [9.17, 15) is 18.4 Å². The fourth-order valence-electron chi connectivity index (χ4n) is 5.62. The predicted molar refractivity (Wildman–Crippen MR) is 133 cm³/mol. The molecule has 0 bridgehead atoms. The molecule has 3 aromatic rings. The number of nitrogens with one attached hydrogen (secondary N) is 1. The summed E-state index contributed by atoms with van der Waals surface area (Å²) in [6.07, 6.45) is 3.91. The second-order valence-electron chi connectivity index (χ2n) is 9.81. The highest BCUT2D eigenvalue weighted by Crippen LogP contribution is 2.41. The number of aromatic nitrogens is 1. The van der Waals surface area contributed by atoms with Crippen LogP contribution in [0, 0.1) is 24.5 Å². The van der Waals surface area contributed by atoms with Crippen LogP contribution in [0.2, 0.25) is 0 Å². The summed E-state index contributed by atoms with van der Waals surface area (Å²) in [7, 11) is 0. The van der Waals surface area contributed by atoms with Gasteiger partial charge < -0.3 is 9.88 Å². The third-order valence-electron chi connectivity index (χ3n) is 7.62. The molecule has 5 rings (SSSR count). The Morgan fingerprint density at radius 1 is 1.14 bits per heavy atom. The number of amides is 1. The van der Waals surface area contributed by atoms with Gasteiger partial charge in [0.1, 0.15) is 11.6 Å². The molecule has 1 aliphatic heterocycles. The zero-order chi connectivity index (χ0) is 24.7. The molecule has 184 valence electrons. The molecule has 2 aromatic carbocycles. The molecule has 7 heteroatoms. The lowest BCUT2D eigenvalue weighted by molar-refractivity contribution is 0.0931. The molecule has 35 heavy (non-hydrogen) atoms. The predicted octanol–water partition coefficient (Wildman–Crippen LogP) is 4.95. The lowest BCUT2D eigenvalue weighted by Gasteiger charge is -2.26. The number of rotatable bonds is 7. The van der Waals surface area contributed by atoms with Gasteiger partial charge in [-0.2, -0.15) is 0 Å². The van der Waals surface area contributed by atoms with Crippen molar-refractivity contribution in [3.05, 3.63) is 81.3 Å². The smallest absolute Gasteiger partial charge is 0.261 e. The highest BCUT2D eigenvalue weighted by molar-refractivity contribution is 6.08. The lowest BCUT2D eigenvalue weighted by atomic mass is 9.99. The highest BCUT2D eigenvalue weighted by Gasteiger charge is 2.35. The van der Waals surface area contributed by atoms with Crippen LogP contribution >= 0.6 is 0 Å². The number of hydrogen-bond acceptors (Lipinski definition) is 3. The van der Waals surface area contributed by atoms with Gasteiger partial charge in [-0.3, -0.25) is 14.5 Å². The van der Waals surface area contributed by atoms with Gasteiger partial charge in [-0.15, -0.1) is 0 Å². The van der Waals surface area contributed by atoms with Crippen molar-refractivity contribution >= 4 is 16.7 Å². The first-order valence-electron chi connectivity index (χ1n) is 12.5. The molecule has 2 heterocycles. The first kappa shape index (κ1) is 23.7. The molecule has 1 saturated carbocycles. The molecule has 1 amide bonds. The number of likely N-dealkylation sites (tertiary alicyclic amines) is 1. The van der Waals surface area contributed by atoms with Crippen LogP contribution in [0.1, 0.15) is 60.3 Å². The van der Waals surface area contributed by atoms with Gasteiger partial charge in [0.2, 0.25) is 0 Å². The van der Waals surface area contributed by atoms with Crippen LogP contribution in [0.3, 0.4) is 0 Å². The van der Waals surface area contributed by atoms with Gasteiger partial charge in [0, 0.05) is 23.7 Å². The minimum absolute atomic E-state index is 0.0574. The molecule has 1 aliphatic carbocycles. The highest BCUT2D eigenvalue weighted by atomic mass is 19.1. The summed E-state index contributed by atoms with van der Waals surface area (Å²) in [4.78, 5) is 29.5. The first-order valence-corrected chi connectivity index (χ1v) is 12.5. The monoisotopic (exact) mass is 479 g/mol. The minimum Gasteiger partial charge on any atom is -0.345 e. The number of likely N-dealkylation sites (N-methyl/N-ethyl adjacent to an activating group) is 1. The van der Waals surface area contributed by atoms with Gasteiger partial charge in [0.05, 0.1) is 17.0 Å². The van der Waals surface area contributed by atoms with E-state index in [2.05, 4.69) is 17.1 Å². The molecule has 2 aliphatic rings. The van der Waals surface area contributed by atoms with Crippen molar-refractivity contribution in [2.45, 2.75) is 58.2 Å². The number of benzene rings is 2. The fraction of sp³-hybridized carbons (Fsp3) is 0.429. The molecule has 0 spiro atoms. The van der Waals surface area contributed by atoms with Crippen LogP contribution in [-0.2, 0) is 6.54 Å². The van der Waals surface area contributed by atoms with Gasteiger partial charge >= 0.3 is 0 Å². The Bertz CT molecular complexity index is 1330. The van der Waals surface area contributed by atoms with Gasteiger partial charge in [0.15, 0.2) is 0 Å². The molecule has 2 fully saturated rings. The summed E-state index contributed by atoms with van der Waals surface area (Å²) in [5.74, 6) is -1.12. The minimum atomic E-state index is -0.627. The average molecular weight is 480 g/mol. The summed E-state index contributed by atoms with van der Waals surface area (Å²) in [6, 6.07) is 10.5. The number of carbonyl (C=O) groups is 1. The van der Waals surface area contributed by atoms with E-state index in [4.69, 9.17) is 0 Å². The van der Waals surface area contributed by atoms with Gasteiger partial charge in [-0.25, -0.2) is 8.78 Å². The van der Waals surface area contributed by atoms with Crippen LogP contribution in [0.5, 0.6) is 0 Å². The third kappa shape index (κ3) is 4.49. The Labute approximate surface area is 203 Å². The maximum Gasteiger partial charge on any atom is 0.261 e. The van der Waals surface area contributed by atoms with Crippen LogP contribution in [0.4, 0.5) is 8.78 Å². The summed E-state index contributed by atoms with van der Waals surface area (Å²) < 4.78 is 30.5. The van der Waals surface area contributed by atoms with E-state index in [0.29, 0.717) is 28.8 Å². The van der Waals surface area contributed by atoms with Crippen molar-refractivity contribution in [3.8, 4) is 0 Å². The number of fused-ring (bicyclic) bond motifs is 1. The summed E-state index contributed by atoms with van der Waals surface area (Å²) in [5.41, 5.74) is 1.15. The van der Waals surface area contributed by atoms with E-state index in [1.165, 1.54) is 24.3 Å². The number of nitrogens with zero attached hydrogens (tertiary/aromatic N) is 2. The van der Waals surface area contributed by atoms with E-state index in [1.807, 2.05) is 6.07 Å². The van der Waals surface area contributed by atoms with Gasteiger partial charge in [-0.05, 0) is 75.4 Å². The number of carbonyl (C=O) groups excluding carboxylic acids is 1. The normalized spacial score (nSPS) is 19.3. The van der Waals surface area contributed by atoms with Gasteiger partial charge in [0.25, 0.3) is 11.5 Å². The fourth-order valence-corrected chi connectivity index (χ4v) is 5.62. The molecular weight excluding hydrogens is 448 g/mol. The molecular formula is C28H31F2N3O2. The van der Waals surface area contributed by atoms with Crippen molar-refractivity contribution in [3.63, 3.8) is 0 Å². The van der Waals surface area contributed by atoms with Crippen molar-refractivity contribution in [1.82, 2.24) is 14.8 Å². The van der Waals surface area contributed by atoms with Crippen LogP contribution in [0.25, 0.3) is 10.8 Å². The first-order chi connectivity index (χ1) is 16.9. The molecule has 5 nitrogen and oxygen atoms in total. The van der Waals surface area contributed by atoms with Crippen LogP contribution in [-0.4, -0.2) is 34.5 Å². The Morgan fingerprint density at radius 2 is 1.91 bits per heavy atom. The zero-order valence-electron chi connectivity index (χ0n) is 20.2. The maximum atomic E-state index is 15.0. The zero-order valence-corrected chi connectivity index (χ0v) is 20.2. The van der Waals surface area contributed by atoms with Crippen molar-refractivity contribution in [1.29, 1.82) is 0 Å². The van der Waals surface area contributed by atoms with E-state index < -0.39 is 11.4 Å². The van der Waals surface area contributed by atoms with Crippen molar-refractivity contribution < 1.29 is 13.6 Å². The number of pyridine rings is 1. The van der Waals surface area contributed by atoms with E-state index in [-0.39, 0.29) is 35.1 Å². The Kier molecular flexibility index (Phi) is 6.45. The Hall–Kier alpha value is -3.06. The van der Waals surface area contributed by atoms with Crippen molar-refractivity contribution in [2.75, 3.05) is 13.1 Å². The second-order valence-corrected chi connectivity index (χ2v) is 9.81. The maximum absolute atomic E-state index is 15.0. The largest absolute Gasteiger partial charge is 0.345 e. The lowest BCUT2D eigenvalue weighted by Crippen LogP contribution is -2.38. The van der Waals surface area contributed by atoms with E-state index >= 15 is 0 Å². The molecule has 1 unspecified atom stereocenters. The summed E-state index contributed by atoms with van der Waals surface area (Å²) in [5, 5.41) is 3.35. The third-order valence-corrected chi connectivity index (χ3v) is 7.62. The molecule has 2 atom stereocenters. The standard InChI is InChI=1S/C28H31F2N3O2/c1-3-32-14-6-9-21(32)16-33-17(2)24(22-10-5-11-23(30)25(22)28(33)35)27(34)31-26(18-12-13-18)19-7-4-8-20(29)15-19/h4-5,7-8,10-11,15,18,21,26H,3,6,9,12-14,16H2,1-2H3,(H,31,34)/t21?,26-/m0/s1. The Morgan fingerprint density at radius 3 is 2.63 bits per heavy atom. The topological polar surface area (TPSA) is 54.3 Å². The van der Waals surface area contributed by atoms with Crippen LogP contribution in [0.15, 0.2) is 47.3 Å². The summed E-state index contributed by atoms with van der Waals surface area (Å²) in [6.45, 7) is 6.13.